The number of cyclic esters (lactones) is 1. The summed E-state index contributed by atoms with van der Waals surface area (Å²) in [7, 11) is 0. The second-order valence-electron chi connectivity index (χ2n) is 9.59. The van der Waals surface area contributed by atoms with Crippen molar-refractivity contribution in [3.63, 3.8) is 0 Å². The molecule has 0 saturated carbocycles. The summed E-state index contributed by atoms with van der Waals surface area (Å²) in [5.41, 5.74) is 2.39. The Bertz CT molecular complexity index is 1310. The van der Waals surface area contributed by atoms with Crippen molar-refractivity contribution in [2.24, 2.45) is 5.92 Å². The number of fused-ring (bicyclic) bond motifs is 3. The largest absolute Gasteiger partial charge is 0.444 e. The number of carbonyl (C=O) groups is 1. The molecule has 8 nitrogen and oxygen atoms in total. The molecule has 0 radical (unpaired) electrons. The Hall–Kier alpha value is -3.63. The Morgan fingerprint density at radius 1 is 1.14 bits per heavy atom. The summed E-state index contributed by atoms with van der Waals surface area (Å²) in [6.07, 6.45) is -0.791. The monoisotopic (exact) mass is 500 g/mol. The Kier molecular flexibility index (Phi) is 5.88. The fraction of sp³-hybridized carbons (Fsp3) is 0.440. The SMILES string of the molecule is CC(Nc1nccc(N2C(=O)OC(C)[C@@H]2C(C)C)n1)c1ncn2c1CCc1cc(C(F)(F)F)ccc1-2. The number of benzene rings is 1. The molecule has 0 aliphatic carbocycles. The molecule has 2 unspecified atom stereocenters. The number of anilines is 2. The van der Waals surface area contributed by atoms with E-state index in [0.717, 1.165) is 17.5 Å². The van der Waals surface area contributed by atoms with Crippen molar-refractivity contribution in [1.82, 2.24) is 19.5 Å². The van der Waals surface area contributed by atoms with Gasteiger partial charge in [-0.1, -0.05) is 13.8 Å². The molecule has 3 atom stereocenters. The number of alkyl halides is 3. The average molecular weight is 501 g/mol. The Labute approximate surface area is 206 Å². The van der Waals surface area contributed by atoms with Crippen LogP contribution in [0.2, 0.25) is 0 Å². The second kappa shape index (κ2) is 8.79. The van der Waals surface area contributed by atoms with Crippen LogP contribution < -0.4 is 10.2 Å². The highest BCUT2D eigenvalue weighted by atomic mass is 19.4. The van der Waals surface area contributed by atoms with Crippen LogP contribution in [0.4, 0.5) is 29.7 Å². The number of imidazole rings is 1. The Morgan fingerprint density at radius 3 is 2.64 bits per heavy atom. The maximum absolute atomic E-state index is 13.1. The van der Waals surface area contributed by atoms with Crippen molar-refractivity contribution in [2.75, 3.05) is 10.2 Å². The number of rotatable bonds is 5. The van der Waals surface area contributed by atoms with Crippen LogP contribution in [0.5, 0.6) is 0 Å². The smallest absolute Gasteiger partial charge is 0.416 e. The summed E-state index contributed by atoms with van der Waals surface area (Å²) in [6.45, 7) is 7.85. The maximum atomic E-state index is 13.1. The van der Waals surface area contributed by atoms with Crippen molar-refractivity contribution >= 4 is 17.9 Å². The third-order valence-electron chi connectivity index (χ3n) is 6.79. The van der Waals surface area contributed by atoms with Crippen LogP contribution in [-0.2, 0) is 23.8 Å². The van der Waals surface area contributed by atoms with Crippen LogP contribution in [0.1, 0.15) is 56.3 Å². The molecule has 1 saturated heterocycles. The molecule has 1 aromatic carbocycles. The fourth-order valence-corrected chi connectivity index (χ4v) is 5.17. The van der Waals surface area contributed by atoms with E-state index in [1.807, 2.05) is 32.3 Å². The van der Waals surface area contributed by atoms with Gasteiger partial charge in [0.1, 0.15) is 11.9 Å². The fourth-order valence-electron chi connectivity index (χ4n) is 5.17. The lowest BCUT2D eigenvalue weighted by Crippen LogP contribution is -2.40. The highest BCUT2D eigenvalue weighted by Gasteiger charge is 2.42. The number of nitrogens with one attached hydrogen (secondary N) is 1. The van der Waals surface area contributed by atoms with Gasteiger partial charge >= 0.3 is 12.3 Å². The molecule has 4 heterocycles. The number of nitrogens with zero attached hydrogens (tertiary/aromatic N) is 5. The molecular weight excluding hydrogens is 473 g/mol. The van der Waals surface area contributed by atoms with E-state index in [1.54, 1.807) is 23.5 Å². The Balaban J connectivity index is 1.39. The van der Waals surface area contributed by atoms with E-state index >= 15 is 0 Å². The zero-order valence-electron chi connectivity index (χ0n) is 20.4. The molecule has 1 fully saturated rings. The van der Waals surface area contributed by atoms with Crippen LogP contribution in [0, 0.1) is 5.92 Å². The van der Waals surface area contributed by atoms with E-state index in [2.05, 4.69) is 20.3 Å². The van der Waals surface area contributed by atoms with Gasteiger partial charge in [-0.25, -0.2) is 14.8 Å². The summed E-state index contributed by atoms with van der Waals surface area (Å²) in [5, 5.41) is 3.26. The van der Waals surface area contributed by atoms with Gasteiger partial charge in [-0.2, -0.15) is 18.2 Å². The second-order valence-corrected chi connectivity index (χ2v) is 9.59. The first-order valence-corrected chi connectivity index (χ1v) is 11.9. The zero-order chi connectivity index (χ0) is 25.8. The van der Waals surface area contributed by atoms with E-state index < -0.39 is 17.8 Å². The maximum Gasteiger partial charge on any atom is 0.416 e. The van der Waals surface area contributed by atoms with Crippen LogP contribution in [-0.4, -0.2) is 37.8 Å². The van der Waals surface area contributed by atoms with E-state index in [0.29, 0.717) is 35.9 Å². The molecule has 36 heavy (non-hydrogen) atoms. The van der Waals surface area contributed by atoms with E-state index in [-0.39, 0.29) is 24.1 Å². The normalized spacial score (nSPS) is 20.2. The number of ether oxygens (including phenoxy) is 1. The van der Waals surface area contributed by atoms with Gasteiger partial charge in [0, 0.05) is 17.6 Å². The van der Waals surface area contributed by atoms with Crippen molar-refractivity contribution in [3.05, 3.63) is 59.3 Å². The lowest BCUT2D eigenvalue weighted by atomic mass is 9.97. The summed E-state index contributed by atoms with van der Waals surface area (Å²) in [6, 6.07) is 5.07. The third kappa shape index (κ3) is 4.16. The first-order chi connectivity index (χ1) is 17.0. The summed E-state index contributed by atoms with van der Waals surface area (Å²) < 4.78 is 46.7. The van der Waals surface area contributed by atoms with E-state index in [1.165, 1.54) is 12.1 Å². The predicted molar refractivity (Wildman–Crippen MR) is 127 cm³/mol. The highest BCUT2D eigenvalue weighted by Crippen LogP contribution is 2.35. The van der Waals surface area contributed by atoms with E-state index in [9.17, 15) is 18.0 Å². The molecule has 1 amide bonds. The number of carbonyl (C=O) groups excluding carboxylic acids is 1. The Morgan fingerprint density at radius 2 is 1.92 bits per heavy atom. The van der Waals surface area contributed by atoms with Gasteiger partial charge in [0.05, 0.1) is 29.7 Å². The molecule has 0 bridgehead atoms. The molecule has 0 spiro atoms. The number of hydrogen-bond donors (Lipinski definition) is 1. The summed E-state index contributed by atoms with van der Waals surface area (Å²) in [4.78, 5) is 27.5. The molecule has 2 aliphatic rings. The molecule has 2 aliphatic heterocycles. The number of aryl methyl sites for hydroxylation is 1. The van der Waals surface area contributed by atoms with Crippen molar-refractivity contribution < 1.29 is 22.7 Å². The number of aromatic nitrogens is 4. The topological polar surface area (TPSA) is 85.2 Å². The van der Waals surface area contributed by atoms with Gasteiger partial charge in [-0.05, 0) is 62.4 Å². The molecule has 11 heteroatoms. The number of amides is 1. The molecule has 190 valence electrons. The quantitative estimate of drug-likeness (QED) is 0.510. The van der Waals surface area contributed by atoms with Crippen LogP contribution in [0.3, 0.4) is 0 Å². The lowest BCUT2D eigenvalue weighted by molar-refractivity contribution is -0.137. The average Bonchev–Trinajstić information content (AvgIpc) is 3.38. The van der Waals surface area contributed by atoms with E-state index in [4.69, 9.17) is 4.74 Å². The van der Waals surface area contributed by atoms with Gasteiger partial charge in [0.25, 0.3) is 0 Å². The number of halogens is 3. The zero-order valence-corrected chi connectivity index (χ0v) is 20.4. The van der Waals surface area contributed by atoms with Crippen molar-refractivity contribution in [3.8, 4) is 5.69 Å². The summed E-state index contributed by atoms with van der Waals surface area (Å²) >= 11 is 0. The minimum atomic E-state index is -4.37. The van der Waals surface area contributed by atoms with Crippen LogP contribution in [0.15, 0.2) is 36.8 Å². The van der Waals surface area contributed by atoms with Gasteiger partial charge < -0.3 is 14.6 Å². The third-order valence-corrected chi connectivity index (χ3v) is 6.79. The molecular formula is C25H27F3N6O2. The molecule has 1 N–H and O–H groups in total. The van der Waals surface area contributed by atoms with Gasteiger partial charge in [0.15, 0.2) is 0 Å². The first kappa shape index (κ1) is 24.1. The van der Waals surface area contributed by atoms with Crippen LogP contribution >= 0.6 is 0 Å². The summed E-state index contributed by atoms with van der Waals surface area (Å²) in [5.74, 6) is 0.959. The minimum Gasteiger partial charge on any atom is -0.444 e. The lowest BCUT2D eigenvalue weighted by Gasteiger charge is -2.26. The van der Waals surface area contributed by atoms with Crippen molar-refractivity contribution in [2.45, 2.75) is 64.9 Å². The molecule has 3 aromatic rings. The number of hydrogen-bond acceptors (Lipinski definition) is 6. The van der Waals surface area contributed by atoms with Crippen LogP contribution in [0.25, 0.3) is 5.69 Å². The predicted octanol–water partition coefficient (Wildman–Crippen LogP) is 5.32. The molecule has 5 rings (SSSR count). The standard InChI is InChI=1S/C25H27F3N6O2/c1-13(2)22-15(4)36-24(35)34(22)20-9-10-29-23(32-20)31-14(3)21-19-7-5-16-11-17(25(26,27)28)6-8-18(16)33(19)12-30-21/h6,8-15,22H,5,7H2,1-4H3,(H,29,31,32)/t14?,15?,22-/m0/s1. The van der Waals surface area contributed by atoms with Gasteiger partial charge in [-0.15, -0.1) is 0 Å². The highest BCUT2D eigenvalue weighted by molar-refractivity contribution is 5.89. The minimum absolute atomic E-state index is 0.143. The van der Waals surface area contributed by atoms with Crippen molar-refractivity contribution in [1.29, 1.82) is 0 Å². The molecule has 2 aromatic heterocycles. The van der Waals surface area contributed by atoms with Gasteiger partial charge in [0.2, 0.25) is 5.95 Å². The van der Waals surface area contributed by atoms with Gasteiger partial charge in [-0.3, -0.25) is 4.90 Å². The first-order valence-electron chi connectivity index (χ1n) is 11.9.